The Hall–Kier alpha value is -5.02. The van der Waals surface area contributed by atoms with Crippen molar-refractivity contribution < 1.29 is 14.3 Å². The number of thioether (sulfide) groups is 1. The monoisotopic (exact) mass is 617 g/mol. The highest BCUT2D eigenvalue weighted by molar-refractivity contribution is 7.98. The summed E-state index contributed by atoms with van der Waals surface area (Å²) in [4.78, 5) is 18.8. The van der Waals surface area contributed by atoms with Gasteiger partial charge in [0.25, 0.3) is 5.91 Å². The summed E-state index contributed by atoms with van der Waals surface area (Å²) >= 11 is 1.55. The second kappa shape index (κ2) is 13.7. The number of nitrogens with one attached hydrogen (secondary N) is 2. The minimum Gasteiger partial charge on any atom is -0.492 e. The van der Waals surface area contributed by atoms with Gasteiger partial charge in [-0.1, -0.05) is 90.6 Å². The Bertz CT molecular complexity index is 1820. The Morgan fingerprint density at radius 1 is 0.911 bits per heavy atom. The average molecular weight is 618 g/mol. The highest BCUT2D eigenvalue weighted by Gasteiger charge is 2.34. The van der Waals surface area contributed by atoms with Gasteiger partial charge in [-0.25, -0.2) is 4.68 Å². The molecule has 1 amide bonds. The fraction of sp³-hybridized carbons (Fsp3) is 0.194. The normalized spacial score (nSPS) is 14.0. The van der Waals surface area contributed by atoms with Crippen molar-refractivity contribution in [2.24, 2.45) is 0 Å². The van der Waals surface area contributed by atoms with E-state index in [1.54, 1.807) is 16.4 Å². The number of amides is 1. The van der Waals surface area contributed by atoms with Gasteiger partial charge in [0.05, 0.1) is 17.9 Å². The summed E-state index contributed by atoms with van der Waals surface area (Å²) in [7, 11) is 0. The predicted molar refractivity (Wildman–Crippen MR) is 179 cm³/mol. The molecule has 8 nitrogen and oxygen atoms in total. The van der Waals surface area contributed by atoms with Crippen LogP contribution in [0, 0.1) is 6.92 Å². The van der Waals surface area contributed by atoms with Crippen LogP contribution in [0.2, 0.25) is 0 Å². The Morgan fingerprint density at radius 3 is 2.42 bits per heavy atom. The number of hydrogen-bond donors (Lipinski definition) is 2. The van der Waals surface area contributed by atoms with E-state index in [4.69, 9.17) is 19.6 Å². The van der Waals surface area contributed by atoms with Crippen LogP contribution in [0.25, 0.3) is 0 Å². The fourth-order valence-electron chi connectivity index (χ4n) is 5.24. The van der Waals surface area contributed by atoms with Crippen molar-refractivity contribution in [3.05, 3.63) is 137 Å². The second-order valence-corrected chi connectivity index (χ2v) is 11.6. The van der Waals surface area contributed by atoms with E-state index in [-0.39, 0.29) is 5.91 Å². The molecule has 9 heteroatoms. The smallest absolute Gasteiger partial charge is 0.255 e. The van der Waals surface area contributed by atoms with E-state index in [0.717, 1.165) is 22.6 Å². The zero-order valence-electron chi connectivity index (χ0n) is 25.5. The summed E-state index contributed by atoms with van der Waals surface area (Å²) in [5, 5.41) is 11.9. The van der Waals surface area contributed by atoms with Crippen molar-refractivity contribution in [2.75, 3.05) is 17.2 Å². The summed E-state index contributed by atoms with van der Waals surface area (Å²) in [6.07, 6.45) is 0. The second-order valence-electron chi connectivity index (χ2n) is 10.7. The number of aromatic nitrogens is 3. The van der Waals surface area contributed by atoms with Gasteiger partial charge < -0.3 is 20.1 Å². The molecule has 0 saturated carbocycles. The molecule has 0 fully saturated rings. The lowest BCUT2D eigenvalue weighted by atomic mass is 9.95. The lowest BCUT2D eigenvalue weighted by molar-refractivity contribution is -0.113. The Kier molecular flexibility index (Phi) is 9.17. The summed E-state index contributed by atoms with van der Waals surface area (Å²) in [5.74, 6) is 2.42. The number of benzene rings is 4. The molecule has 1 aliphatic heterocycles. The van der Waals surface area contributed by atoms with Crippen LogP contribution in [-0.2, 0) is 17.2 Å². The maximum atomic E-state index is 14.0. The molecule has 0 saturated heterocycles. The van der Waals surface area contributed by atoms with Gasteiger partial charge >= 0.3 is 0 Å². The summed E-state index contributed by atoms with van der Waals surface area (Å²) in [5.41, 5.74) is 6.23. The molecule has 45 heavy (non-hydrogen) atoms. The first kappa shape index (κ1) is 30.0. The Balaban J connectivity index is 1.31. The average Bonchev–Trinajstić information content (AvgIpc) is 3.47. The quantitative estimate of drug-likeness (QED) is 0.146. The third-order valence-electron chi connectivity index (χ3n) is 7.58. The first-order chi connectivity index (χ1) is 22.0. The minimum absolute atomic E-state index is 0.253. The van der Waals surface area contributed by atoms with Crippen LogP contribution in [-0.4, -0.2) is 27.3 Å². The standard InChI is InChI=1S/C36H35N5O3S/c1-4-43-31-17-11-10-16-30(31)38-34(42)32-25(3)37-35-39-36(45-23-26-13-6-5-7-14-26)40-41(35)33(32)27-18-20-29(21-19-27)44-22-28-15-9-8-12-24(28)2/h5-21,33H,4,22-23H2,1-3H3,(H,38,42)(H,37,39,40). The van der Waals surface area contributed by atoms with E-state index >= 15 is 0 Å². The van der Waals surface area contributed by atoms with Crippen molar-refractivity contribution in [3.63, 3.8) is 0 Å². The van der Waals surface area contributed by atoms with Gasteiger partial charge in [-0.15, -0.1) is 5.10 Å². The number of ether oxygens (including phenoxy) is 2. The van der Waals surface area contributed by atoms with Crippen molar-refractivity contribution in [1.82, 2.24) is 14.8 Å². The summed E-state index contributed by atoms with van der Waals surface area (Å²) < 4.78 is 13.7. The largest absolute Gasteiger partial charge is 0.492 e. The molecule has 0 bridgehead atoms. The molecule has 6 rings (SSSR count). The Labute approximate surface area is 267 Å². The van der Waals surface area contributed by atoms with Crippen LogP contribution in [0.5, 0.6) is 11.5 Å². The van der Waals surface area contributed by atoms with Crippen molar-refractivity contribution in [2.45, 2.75) is 44.3 Å². The molecule has 2 N–H and O–H groups in total. The molecule has 4 aromatic carbocycles. The van der Waals surface area contributed by atoms with Gasteiger partial charge in [-0.05, 0) is 67.3 Å². The number of carbonyl (C=O) groups is 1. The number of anilines is 2. The lowest BCUT2D eigenvalue weighted by Crippen LogP contribution is -2.31. The van der Waals surface area contributed by atoms with Gasteiger partial charge in [0.2, 0.25) is 11.1 Å². The molecule has 1 unspecified atom stereocenters. The summed E-state index contributed by atoms with van der Waals surface area (Å²) in [6.45, 7) is 6.85. The number of para-hydroxylation sites is 2. The number of hydrogen-bond acceptors (Lipinski definition) is 7. The number of carbonyl (C=O) groups excluding carboxylic acids is 1. The first-order valence-electron chi connectivity index (χ1n) is 14.9. The SMILES string of the molecule is CCOc1ccccc1NC(=O)C1=C(C)Nc2nc(SCc3ccccc3)nn2C1c1ccc(OCc2ccccc2C)cc1. The number of rotatable bonds is 11. The van der Waals surface area contributed by atoms with Crippen LogP contribution in [0.4, 0.5) is 11.6 Å². The molecular weight excluding hydrogens is 582 g/mol. The molecule has 1 aromatic heterocycles. The van der Waals surface area contributed by atoms with E-state index in [1.807, 2.05) is 92.7 Å². The topological polar surface area (TPSA) is 90.3 Å². The van der Waals surface area contributed by atoms with Gasteiger partial charge in [0.1, 0.15) is 24.1 Å². The summed E-state index contributed by atoms with van der Waals surface area (Å²) in [6, 6.07) is 33.2. The number of nitrogens with zero attached hydrogens (tertiary/aromatic N) is 3. The molecule has 0 aliphatic carbocycles. The molecule has 1 atom stereocenters. The van der Waals surface area contributed by atoms with Crippen molar-refractivity contribution in [1.29, 1.82) is 0 Å². The van der Waals surface area contributed by atoms with Gasteiger partial charge in [-0.2, -0.15) is 4.98 Å². The highest BCUT2D eigenvalue weighted by atomic mass is 32.2. The van der Waals surface area contributed by atoms with Gasteiger partial charge in [-0.3, -0.25) is 4.79 Å². The maximum absolute atomic E-state index is 14.0. The first-order valence-corrected chi connectivity index (χ1v) is 15.9. The fourth-order valence-corrected chi connectivity index (χ4v) is 6.02. The number of allylic oxidation sites excluding steroid dienone is 1. The number of fused-ring (bicyclic) bond motifs is 1. The lowest BCUT2D eigenvalue weighted by Gasteiger charge is -2.29. The minimum atomic E-state index is -0.524. The van der Waals surface area contributed by atoms with E-state index in [0.29, 0.717) is 47.0 Å². The van der Waals surface area contributed by atoms with Gasteiger partial charge in [0.15, 0.2) is 0 Å². The van der Waals surface area contributed by atoms with E-state index in [9.17, 15) is 4.79 Å². The predicted octanol–water partition coefficient (Wildman–Crippen LogP) is 7.78. The molecule has 0 radical (unpaired) electrons. The third kappa shape index (κ3) is 6.89. The zero-order valence-corrected chi connectivity index (χ0v) is 26.3. The van der Waals surface area contributed by atoms with Crippen LogP contribution in [0.15, 0.2) is 120 Å². The van der Waals surface area contributed by atoms with Gasteiger partial charge in [0, 0.05) is 11.4 Å². The third-order valence-corrected chi connectivity index (χ3v) is 8.48. The zero-order chi connectivity index (χ0) is 31.2. The van der Waals surface area contributed by atoms with E-state index < -0.39 is 6.04 Å². The van der Waals surface area contributed by atoms with Crippen molar-refractivity contribution in [3.8, 4) is 11.5 Å². The highest BCUT2D eigenvalue weighted by Crippen LogP contribution is 2.38. The van der Waals surface area contributed by atoms with Crippen LogP contribution in [0.3, 0.4) is 0 Å². The molecule has 0 spiro atoms. The molecule has 228 valence electrons. The van der Waals surface area contributed by atoms with E-state index in [2.05, 4.69) is 41.8 Å². The molecule has 5 aromatic rings. The van der Waals surface area contributed by atoms with Crippen LogP contribution < -0.4 is 20.1 Å². The maximum Gasteiger partial charge on any atom is 0.255 e. The molecule has 1 aliphatic rings. The molecular formula is C36H35N5O3S. The Morgan fingerprint density at radius 2 is 1.64 bits per heavy atom. The van der Waals surface area contributed by atoms with E-state index in [1.165, 1.54) is 11.1 Å². The molecule has 2 heterocycles. The van der Waals surface area contributed by atoms with Crippen molar-refractivity contribution >= 4 is 29.3 Å². The van der Waals surface area contributed by atoms with Crippen LogP contribution in [0.1, 0.15) is 42.1 Å². The van der Waals surface area contributed by atoms with Crippen LogP contribution >= 0.6 is 11.8 Å². The number of aryl methyl sites for hydroxylation is 1.